The van der Waals surface area contributed by atoms with Crippen molar-refractivity contribution in [3.05, 3.63) is 89.0 Å². The van der Waals surface area contributed by atoms with E-state index in [9.17, 15) is 13.2 Å². The van der Waals surface area contributed by atoms with E-state index in [1.165, 1.54) is 4.31 Å². The van der Waals surface area contributed by atoms with Crippen molar-refractivity contribution in [2.24, 2.45) is 0 Å². The summed E-state index contributed by atoms with van der Waals surface area (Å²) in [6.07, 6.45) is 0.640. The quantitative estimate of drug-likeness (QED) is 0.432. The number of aryl methyl sites for hydroxylation is 3. The number of para-hydroxylation sites is 1. The SMILES string of the molecule is CCc1ccccc1N(CC(=O)NCCOc1cccc(C)c1C)S(=O)(=O)c1ccc(C)cc1. The van der Waals surface area contributed by atoms with Gasteiger partial charge < -0.3 is 10.1 Å². The molecule has 0 heterocycles. The number of nitrogens with zero attached hydrogens (tertiary/aromatic N) is 1. The average Bonchev–Trinajstić information content (AvgIpc) is 2.83. The monoisotopic (exact) mass is 480 g/mol. The number of carbonyl (C=O) groups is 1. The molecule has 0 spiro atoms. The van der Waals surface area contributed by atoms with Gasteiger partial charge in [-0.2, -0.15) is 0 Å². The van der Waals surface area contributed by atoms with E-state index in [0.29, 0.717) is 12.1 Å². The van der Waals surface area contributed by atoms with Gasteiger partial charge in [-0.15, -0.1) is 0 Å². The third-order valence-corrected chi connectivity index (χ3v) is 7.55. The molecule has 0 unspecified atom stereocenters. The maximum absolute atomic E-state index is 13.6. The summed E-state index contributed by atoms with van der Waals surface area (Å²) in [5.41, 5.74) is 4.51. The van der Waals surface area contributed by atoms with Gasteiger partial charge in [0.05, 0.1) is 17.1 Å². The van der Waals surface area contributed by atoms with Gasteiger partial charge in [-0.3, -0.25) is 9.10 Å². The molecule has 0 fully saturated rings. The number of carbonyl (C=O) groups excluding carboxylic acids is 1. The third-order valence-electron chi connectivity index (χ3n) is 5.77. The van der Waals surface area contributed by atoms with Crippen molar-refractivity contribution in [2.75, 3.05) is 24.0 Å². The van der Waals surface area contributed by atoms with E-state index in [1.54, 1.807) is 36.4 Å². The highest BCUT2D eigenvalue weighted by molar-refractivity contribution is 7.92. The fourth-order valence-electron chi connectivity index (χ4n) is 3.61. The van der Waals surface area contributed by atoms with Crippen LogP contribution in [-0.4, -0.2) is 34.0 Å². The van der Waals surface area contributed by atoms with Crippen LogP contribution in [0.4, 0.5) is 5.69 Å². The Kier molecular flexibility index (Phi) is 8.34. The van der Waals surface area contributed by atoms with Crippen LogP contribution in [0.15, 0.2) is 71.6 Å². The maximum Gasteiger partial charge on any atom is 0.264 e. The van der Waals surface area contributed by atoms with Gasteiger partial charge in [0, 0.05) is 0 Å². The average molecular weight is 481 g/mol. The number of rotatable bonds is 10. The first kappa shape index (κ1) is 25.3. The standard InChI is InChI=1S/C27H32N2O4S/c1-5-23-10-6-7-11-25(23)29(34(31,32)24-15-13-20(2)14-16-24)19-27(30)28-17-18-33-26-12-8-9-21(3)22(26)4/h6-16H,5,17-19H2,1-4H3,(H,28,30). The minimum atomic E-state index is -3.94. The Labute approximate surface area is 202 Å². The van der Waals surface area contributed by atoms with Gasteiger partial charge in [-0.25, -0.2) is 8.42 Å². The number of amides is 1. The van der Waals surface area contributed by atoms with E-state index in [2.05, 4.69) is 5.32 Å². The topological polar surface area (TPSA) is 75.7 Å². The number of hydrogen-bond acceptors (Lipinski definition) is 4. The molecule has 34 heavy (non-hydrogen) atoms. The van der Waals surface area contributed by atoms with Gasteiger partial charge in [0.1, 0.15) is 18.9 Å². The van der Waals surface area contributed by atoms with Crippen LogP contribution >= 0.6 is 0 Å². The minimum absolute atomic E-state index is 0.148. The first-order valence-corrected chi connectivity index (χ1v) is 12.8. The molecule has 0 saturated carbocycles. The Morgan fingerprint density at radius 1 is 0.941 bits per heavy atom. The van der Waals surface area contributed by atoms with Gasteiger partial charge in [0.2, 0.25) is 5.91 Å². The molecule has 0 bridgehead atoms. The Morgan fingerprint density at radius 2 is 1.65 bits per heavy atom. The second-order valence-electron chi connectivity index (χ2n) is 8.20. The fourth-order valence-corrected chi connectivity index (χ4v) is 5.07. The minimum Gasteiger partial charge on any atom is -0.491 e. The van der Waals surface area contributed by atoms with Crippen LogP contribution in [0.25, 0.3) is 0 Å². The van der Waals surface area contributed by atoms with Crippen LogP contribution in [0.1, 0.15) is 29.2 Å². The molecule has 3 rings (SSSR count). The smallest absolute Gasteiger partial charge is 0.264 e. The van der Waals surface area contributed by atoms with Crippen LogP contribution in [0, 0.1) is 20.8 Å². The molecule has 1 amide bonds. The lowest BCUT2D eigenvalue weighted by Gasteiger charge is -2.26. The van der Waals surface area contributed by atoms with Crippen molar-refractivity contribution in [3.8, 4) is 5.75 Å². The zero-order chi connectivity index (χ0) is 24.7. The molecule has 0 radical (unpaired) electrons. The molecular formula is C27H32N2O4S. The summed E-state index contributed by atoms with van der Waals surface area (Å²) >= 11 is 0. The van der Waals surface area contributed by atoms with E-state index in [0.717, 1.165) is 28.0 Å². The number of nitrogens with one attached hydrogen (secondary N) is 1. The summed E-state index contributed by atoms with van der Waals surface area (Å²) in [6, 6.07) is 19.7. The molecule has 0 saturated heterocycles. The largest absolute Gasteiger partial charge is 0.491 e. The maximum atomic E-state index is 13.6. The summed E-state index contributed by atoms with van der Waals surface area (Å²) < 4.78 is 34.1. The molecule has 0 aliphatic carbocycles. The summed E-state index contributed by atoms with van der Waals surface area (Å²) in [5.74, 6) is 0.376. The lowest BCUT2D eigenvalue weighted by molar-refractivity contribution is -0.119. The molecule has 0 atom stereocenters. The molecule has 7 heteroatoms. The number of benzene rings is 3. The predicted molar refractivity (Wildman–Crippen MR) is 136 cm³/mol. The molecule has 0 aliphatic rings. The van der Waals surface area contributed by atoms with Gasteiger partial charge in [-0.1, -0.05) is 55.0 Å². The van der Waals surface area contributed by atoms with E-state index >= 15 is 0 Å². The molecule has 0 aliphatic heterocycles. The van der Waals surface area contributed by atoms with Gasteiger partial charge in [0.15, 0.2) is 0 Å². The van der Waals surface area contributed by atoms with Crippen LogP contribution < -0.4 is 14.4 Å². The lowest BCUT2D eigenvalue weighted by Crippen LogP contribution is -2.42. The van der Waals surface area contributed by atoms with Crippen molar-refractivity contribution in [1.29, 1.82) is 0 Å². The Hall–Kier alpha value is -3.32. The molecule has 0 aromatic heterocycles. The summed E-state index contributed by atoms with van der Waals surface area (Å²) in [6.45, 7) is 8.08. The van der Waals surface area contributed by atoms with Gasteiger partial charge in [0.25, 0.3) is 10.0 Å². The summed E-state index contributed by atoms with van der Waals surface area (Å²) in [5, 5.41) is 2.79. The zero-order valence-electron chi connectivity index (χ0n) is 20.2. The first-order chi connectivity index (χ1) is 16.2. The van der Waals surface area contributed by atoms with Gasteiger partial charge in [-0.05, 0) is 68.1 Å². The fraction of sp³-hybridized carbons (Fsp3) is 0.296. The number of hydrogen-bond donors (Lipinski definition) is 1. The zero-order valence-corrected chi connectivity index (χ0v) is 21.0. The van der Waals surface area contributed by atoms with Crippen molar-refractivity contribution < 1.29 is 17.9 Å². The third kappa shape index (κ3) is 5.97. The Bertz CT molecular complexity index is 1240. The van der Waals surface area contributed by atoms with Crippen LogP contribution in [0.5, 0.6) is 5.75 Å². The highest BCUT2D eigenvalue weighted by atomic mass is 32.2. The molecule has 6 nitrogen and oxygen atoms in total. The van der Waals surface area contributed by atoms with Crippen LogP contribution in [0.3, 0.4) is 0 Å². The number of ether oxygens (including phenoxy) is 1. The van der Waals surface area contributed by atoms with E-state index < -0.39 is 15.9 Å². The van der Waals surface area contributed by atoms with Gasteiger partial charge >= 0.3 is 0 Å². The summed E-state index contributed by atoms with van der Waals surface area (Å²) in [7, 11) is -3.94. The van der Waals surface area contributed by atoms with Crippen LogP contribution in [-0.2, 0) is 21.2 Å². The number of sulfonamides is 1. The normalized spacial score (nSPS) is 11.2. The highest BCUT2D eigenvalue weighted by Gasteiger charge is 2.28. The second-order valence-corrected chi connectivity index (χ2v) is 10.1. The Balaban J connectivity index is 1.75. The molecular weight excluding hydrogens is 448 g/mol. The second kappa shape index (κ2) is 11.2. The molecule has 180 valence electrons. The van der Waals surface area contributed by atoms with Crippen molar-refractivity contribution in [3.63, 3.8) is 0 Å². The first-order valence-electron chi connectivity index (χ1n) is 11.4. The van der Waals surface area contributed by atoms with Crippen LogP contribution in [0.2, 0.25) is 0 Å². The predicted octanol–water partition coefficient (Wildman–Crippen LogP) is 4.56. The molecule has 1 N–H and O–H groups in total. The van der Waals surface area contributed by atoms with Crippen molar-refractivity contribution >= 4 is 21.6 Å². The Morgan fingerprint density at radius 3 is 2.35 bits per heavy atom. The van der Waals surface area contributed by atoms with E-state index in [1.807, 2.05) is 58.0 Å². The molecule has 3 aromatic carbocycles. The van der Waals surface area contributed by atoms with E-state index in [-0.39, 0.29) is 24.6 Å². The highest BCUT2D eigenvalue weighted by Crippen LogP contribution is 2.27. The molecule has 3 aromatic rings. The van der Waals surface area contributed by atoms with Crippen molar-refractivity contribution in [1.82, 2.24) is 5.32 Å². The lowest BCUT2D eigenvalue weighted by atomic mass is 10.1. The van der Waals surface area contributed by atoms with E-state index in [4.69, 9.17) is 4.74 Å². The summed E-state index contributed by atoms with van der Waals surface area (Å²) in [4.78, 5) is 13.0. The van der Waals surface area contributed by atoms with Crippen molar-refractivity contribution in [2.45, 2.75) is 39.0 Å². The number of anilines is 1.